The topological polar surface area (TPSA) is 78.0 Å². The summed E-state index contributed by atoms with van der Waals surface area (Å²) in [6.45, 7) is 4.95. The number of hydrogen-bond acceptors (Lipinski definition) is 4. The second-order valence-corrected chi connectivity index (χ2v) is 8.22. The van der Waals surface area contributed by atoms with Crippen LogP contribution in [-0.2, 0) is 17.9 Å². The molecule has 7 heteroatoms. The Morgan fingerprint density at radius 2 is 1.84 bits per heavy atom. The number of amides is 1. The van der Waals surface area contributed by atoms with Crippen LogP contribution in [0.4, 0.5) is 0 Å². The third-order valence-corrected chi connectivity index (χ3v) is 5.87. The molecule has 2 unspecified atom stereocenters. The first-order valence-corrected chi connectivity index (χ1v) is 11.2. The van der Waals surface area contributed by atoms with Gasteiger partial charge in [0.05, 0.1) is 13.7 Å². The number of piperidine rings is 1. The van der Waals surface area contributed by atoms with Crippen molar-refractivity contribution < 1.29 is 9.53 Å². The van der Waals surface area contributed by atoms with Gasteiger partial charge in [-0.15, -0.1) is 0 Å². The van der Waals surface area contributed by atoms with Gasteiger partial charge >= 0.3 is 0 Å². The van der Waals surface area contributed by atoms with Crippen molar-refractivity contribution in [3.63, 3.8) is 0 Å². The number of benzene rings is 2. The van der Waals surface area contributed by atoms with Gasteiger partial charge in [0.25, 0.3) is 0 Å². The maximum atomic E-state index is 12.2. The molecule has 1 amide bonds. The average Bonchev–Trinajstić information content (AvgIpc) is 2.83. The van der Waals surface area contributed by atoms with Crippen LogP contribution in [0.5, 0.6) is 5.75 Å². The van der Waals surface area contributed by atoms with E-state index in [0.29, 0.717) is 24.6 Å². The Balaban J connectivity index is 1.38. The molecule has 0 saturated carbocycles. The Labute approximate surface area is 191 Å². The number of carbonyl (C=O) groups excluding carboxylic acids is 1. The Kier molecular flexibility index (Phi) is 8.92. The van der Waals surface area contributed by atoms with Crippen molar-refractivity contribution in [2.75, 3.05) is 27.2 Å². The summed E-state index contributed by atoms with van der Waals surface area (Å²) in [6.07, 6.45) is 2.08. The normalized spacial score (nSPS) is 19.3. The van der Waals surface area contributed by atoms with Crippen LogP contribution in [0, 0.1) is 0 Å². The second kappa shape index (κ2) is 12.1. The summed E-state index contributed by atoms with van der Waals surface area (Å²) in [5.74, 6) is 1.39. The van der Waals surface area contributed by atoms with Gasteiger partial charge in [-0.1, -0.05) is 42.5 Å². The lowest BCUT2D eigenvalue weighted by molar-refractivity contribution is -0.120. The number of guanidine groups is 1. The number of likely N-dealkylation sites (tertiary alicyclic amines) is 1. The van der Waals surface area contributed by atoms with Crippen molar-refractivity contribution in [2.45, 2.75) is 44.9 Å². The van der Waals surface area contributed by atoms with Gasteiger partial charge < -0.3 is 20.7 Å². The zero-order valence-electron chi connectivity index (χ0n) is 19.3. The Bertz CT molecular complexity index is 870. The molecule has 1 fully saturated rings. The van der Waals surface area contributed by atoms with E-state index in [-0.39, 0.29) is 12.5 Å². The molecule has 1 saturated heterocycles. The molecule has 2 atom stereocenters. The summed E-state index contributed by atoms with van der Waals surface area (Å²) in [5.41, 5.74) is 2.38. The molecule has 0 bridgehead atoms. The van der Waals surface area contributed by atoms with Crippen LogP contribution >= 0.6 is 0 Å². The monoisotopic (exact) mass is 437 g/mol. The lowest BCUT2D eigenvalue weighted by atomic mass is 9.97. The summed E-state index contributed by atoms with van der Waals surface area (Å²) in [5, 5.41) is 9.53. The molecular formula is C25H35N5O2. The number of hydrogen-bond donors (Lipinski definition) is 3. The predicted molar refractivity (Wildman–Crippen MR) is 129 cm³/mol. The van der Waals surface area contributed by atoms with E-state index in [4.69, 9.17) is 4.74 Å². The second-order valence-electron chi connectivity index (χ2n) is 8.22. The van der Waals surface area contributed by atoms with Gasteiger partial charge in [-0.3, -0.25) is 14.7 Å². The Morgan fingerprint density at radius 3 is 2.50 bits per heavy atom. The first-order chi connectivity index (χ1) is 15.6. The number of carbonyl (C=O) groups is 1. The predicted octanol–water partition coefficient (Wildman–Crippen LogP) is 2.53. The van der Waals surface area contributed by atoms with Crippen LogP contribution in [0.25, 0.3) is 0 Å². The van der Waals surface area contributed by atoms with E-state index < -0.39 is 0 Å². The molecule has 0 spiro atoms. The van der Waals surface area contributed by atoms with Gasteiger partial charge in [0.15, 0.2) is 5.96 Å². The zero-order chi connectivity index (χ0) is 22.8. The third-order valence-electron chi connectivity index (χ3n) is 5.87. The molecule has 32 heavy (non-hydrogen) atoms. The van der Waals surface area contributed by atoms with Gasteiger partial charge in [0.2, 0.25) is 5.91 Å². The van der Waals surface area contributed by atoms with Crippen LogP contribution in [-0.4, -0.2) is 56.1 Å². The van der Waals surface area contributed by atoms with Gasteiger partial charge in [0, 0.05) is 38.8 Å². The minimum Gasteiger partial charge on any atom is -0.497 e. The minimum absolute atomic E-state index is 0.0742. The zero-order valence-corrected chi connectivity index (χ0v) is 19.3. The van der Waals surface area contributed by atoms with Crippen molar-refractivity contribution in [3.05, 3.63) is 65.7 Å². The van der Waals surface area contributed by atoms with E-state index >= 15 is 0 Å². The fraction of sp³-hybridized carbons (Fsp3) is 0.440. The van der Waals surface area contributed by atoms with Crippen molar-refractivity contribution in [3.8, 4) is 5.75 Å². The quantitative estimate of drug-likeness (QED) is 0.437. The number of nitrogens with one attached hydrogen (secondary N) is 3. The molecule has 0 aromatic heterocycles. The maximum Gasteiger partial charge on any atom is 0.239 e. The summed E-state index contributed by atoms with van der Waals surface area (Å²) in [6, 6.07) is 19.1. The van der Waals surface area contributed by atoms with Crippen molar-refractivity contribution >= 4 is 11.9 Å². The lowest BCUT2D eigenvalue weighted by Crippen LogP contribution is -2.52. The number of nitrogens with zero attached hydrogens (tertiary/aromatic N) is 2. The summed E-state index contributed by atoms with van der Waals surface area (Å²) < 4.78 is 5.15. The number of methoxy groups -OCH3 is 1. The Morgan fingerprint density at radius 1 is 1.09 bits per heavy atom. The van der Waals surface area contributed by atoms with Crippen LogP contribution in [0.1, 0.15) is 30.9 Å². The molecule has 3 rings (SSSR count). The highest BCUT2D eigenvalue weighted by atomic mass is 16.5. The van der Waals surface area contributed by atoms with Crippen LogP contribution in [0.2, 0.25) is 0 Å². The highest BCUT2D eigenvalue weighted by Crippen LogP contribution is 2.20. The lowest BCUT2D eigenvalue weighted by Gasteiger charge is -2.38. The molecule has 172 valence electrons. The average molecular weight is 438 g/mol. The number of aliphatic imine (C=N–C) groups is 1. The van der Waals surface area contributed by atoms with Crippen molar-refractivity contribution in [2.24, 2.45) is 4.99 Å². The molecule has 1 aliphatic heterocycles. The van der Waals surface area contributed by atoms with E-state index in [1.54, 1.807) is 14.2 Å². The van der Waals surface area contributed by atoms with Gasteiger partial charge in [-0.05, 0) is 43.0 Å². The number of ether oxygens (including phenoxy) is 1. The van der Waals surface area contributed by atoms with Crippen LogP contribution in [0.3, 0.4) is 0 Å². The third kappa shape index (κ3) is 7.27. The van der Waals surface area contributed by atoms with Gasteiger partial charge in [-0.25, -0.2) is 0 Å². The molecule has 1 heterocycles. The number of rotatable bonds is 8. The molecule has 1 aliphatic rings. The maximum absolute atomic E-state index is 12.2. The van der Waals surface area contributed by atoms with E-state index in [9.17, 15) is 4.79 Å². The fourth-order valence-electron chi connectivity index (χ4n) is 3.96. The van der Waals surface area contributed by atoms with E-state index in [2.05, 4.69) is 63.1 Å². The SMILES string of the molecule is CN=C(NCC(=O)NCc1ccc(OC)cc1)NC1CCN(Cc2ccccc2)C(C)C1. The molecule has 3 N–H and O–H groups in total. The van der Waals surface area contributed by atoms with Crippen LogP contribution < -0.4 is 20.7 Å². The first-order valence-electron chi connectivity index (χ1n) is 11.2. The smallest absolute Gasteiger partial charge is 0.239 e. The molecular weight excluding hydrogens is 402 g/mol. The van der Waals surface area contributed by atoms with E-state index in [0.717, 1.165) is 37.2 Å². The minimum atomic E-state index is -0.0742. The molecule has 0 radical (unpaired) electrons. The molecule has 2 aromatic carbocycles. The molecule has 0 aliphatic carbocycles. The molecule has 7 nitrogen and oxygen atoms in total. The van der Waals surface area contributed by atoms with Crippen molar-refractivity contribution in [1.82, 2.24) is 20.9 Å². The fourth-order valence-corrected chi connectivity index (χ4v) is 3.96. The highest BCUT2D eigenvalue weighted by molar-refractivity contribution is 5.86. The van der Waals surface area contributed by atoms with Crippen LogP contribution in [0.15, 0.2) is 59.6 Å². The van der Waals surface area contributed by atoms with E-state index in [1.165, 1.54) is 5.56 Å². The summed E-state index contributed by atoms with van der Waals surface area (Å²) in [4.78, 5) is 19.0. The molecule has 2 aromatic rings. The highest BCUT2D eigenvalue weighted by Gasteiger charge is 2.26. The largest absolute Gasteiger partial charge is 0.497 e. The Hall–Kier alpha value is -3.06. The first kappa shape index (κ1) is 23.6. The van der Waals surface area contributed by atoms with Gasteiger partial charge in [-0.2, -0.15) is 0 Å². The standard InChI is InChI=1S/C25H35N5O2/c1-19-15-22(13-14-30(19)18-21-7-5-4-6-8-21)29-25(26-2)28-17-24(31)27-16-20-9-11-23(32-3)12-10-20/h4-12,19,22H,13-18H2,1-3H3,(H,27,31)(H2,26,28,29). The van der Waals surface area contributed by atoms with E-state index in [1.807, 2.05) is 24.3 Å². The van der Waals surface area contributed by atoms with Crippen molar-refractivity contribution in [1.29, 1.82) is 0 Å². The summed E-state index contributed by atoms with van der Waals surface area (Å²) >= 11 is 0. The summed E-state index contributed by atoms with van der Waals surface area (Å²) in [7, 11) is 3.37. The van der Waals surface area contributed by atoms with Gasteiger partial charge in [0.1, 0.15) is 5.75 Å².